The quantitative estimate of drug-likeness (QED) is 0.540. The van der Waals surface area contributed by atoms with E-state index in [4.69, 9.17) is 4.74 Å². The summed E-state index contributed by atoms with van der Waals surface area (Å²) in [7, 11) is -0.882. The third-order valence-corrected chi connectivity index (χ3v) is 3.66. The Balaban J connectivity index is 2.89. The van der Waals surface area contributed by atoms with E-state index in [2.05, 4.69) is 15.0 Å². The fraction of sp³-hybridized carbons (Fsp3) is 0.364. The van der Waals surface area contributed by atoms with Crippen molar-refractivity contribution in [3.05, 3.63) is 29.8 Å². The maximum atomic E-state index is 11.9. The minimum atomic E-state index is -3.65. The van der Waals surface area contributed by atoms with Crippen molar-refractivity contribution in [1.29, 1.82) is 0 Å². The molecule has 0 unspecified atom stereocenters. The van der Waals surface area contributed by atoms with Crippen LogP contribution in [0, 0.1) is 0 Å². The van der Waals surface area contributed by atoms with E-state index in [-0.39, 0.29) is 23.6 Å². The average molecular weight is 288 g/mol. The van der Waals surface area contributed by atoms with Crippen LogP contribution in [0.3, 0.4) is 0 Å². The third kappa shape index (κ3) is 4.60. The lowest BCUT2D eigenvalue weighted by molar-refractivity contribution is 0.0537. The van der Waals surface area contributed by atoms with Crippen LogP contribution in [-0.4, -0.2) is 41.7 Å². The molecule has 0 radical (unpaired) electrons. The molecule has 0 saturated heterocycles. The molecule has 0 bridgehead atoms. The van der Waals surface area contributed by atoms with Gasteiger partial charge in [-0.1, -0.05) is 6.07 Å². The van der Waals surface area contributed by atoms with Crippen molar-refractivity contribution in [2.24, 2.45) is 0 Å². The maximum Gasteiger partial charge on any atom is 0.274 e. The molecule has 0 aliphatic heterocycles. The number of sulfonamides is 1. The second-order valence-electron chi connectivity index (χ2n) is 3.55. The first kappa shape index (κ1) is 15.6. The van der Waals surface area contributed by atoms with Gasteiger partial charge < -0.3 is 4.74 Å². The molecule has 106 valence electrons. The molecule has 0 atom stereocenters. The first-order chi connectivity index (χ1) is 9.01. The van der Waals surface area contributed by atoms with Gasteiger partial charge in [-0.15, -0.1) is 0 Å². The van der Waals surface area contributed by atoms with Crippen LogP contribution < -0.4 is 10.2 Å². The Hall–Kier alpha value is -1.48. The van der Waals surface area contributed by atoms with Crippen LogP contribution in [0.5, 0.6) is 0 Å². The van der Waals surface area contributed by atoms with Gasteiger partial charge in [0.25, 0.3) is 5.91 Å². The van der Waals surface area contributed by atoms with E-state index >= 15 is 0 Å². The molecular formula is C11H16N2O5S. The fourth-order valence-electron chi connectivity index (χ4n) is 1.32. The van der Waals surface area contributed by atoms with Gasteiger partial charge in [-0.05, 0) is 18.2 Å². The zero-order valence-corrected chi connectivity index (χ0v) is 11.5. The number of rotatable bonds is 7. The molecule has 7 nitrogen and oxygen atoms in total. The van der Waals surface area contributed by atoms with Gasteiger partial charge in [0.1, 0.15) is 0 Å². The van der Waals surface area contributed by atoms with Gasteiger partial charge in [-0.25, -0.2) is 18.6 Å². The average Bonchev–Trinajstić information content (AvgIpc) is 2.39. The van der Waals surface area contributed by atoms with Gasteiger partial charge in [0.2, 0.25) is 10.0 Å². The summed E-state index contributed by atoms with van der Waals surface area (Å²) < 4.78 is 30.9. The number of hydroxylamine groups is 1. The highest BCUT2D eigenvalue weighted by Gasteiger charge is 2.15. The molecule has 2 N–H and O–H groups in total. The Morgan fingerprint density at radius 2 is 2.05 bits per heavy atom. The predicted octanol–water partition coefficient (Wildman–Crippen LogP) is -0.0975. The van der Waals surface area contributed by atoms with Crippen molar-refractivity contribution < 1.29 is 22.8 Å². The Morgan fingerprint density at radius 1 is 1.32 bits per heavy atom. The highest BCUT2D eigenvalue weighted by atomic mass is 32.2. The molecule has 19 heavy (non-hydrogen) atoms. The lowest BCUT2D eigenvalue weighted by Crippen LogP contribution is -2.28. The van der Waals surface area contributed by atoms with Gasteiger partial charge in [-0.2, -0.15) is 0 Å². The highest BCUT2D eigenvalue weighted by Crippen LogP contribution is 2.11. The van der Waals surface area contributed by atoms with E-state index in [1.165, 1.54) is 38.5 Å². The fourth-order valence-corrected chi connectivity index (χ4v) is 2.38. The summed E-state index contributed by atoms with van der Waals surface area (Å²) in [6.07, 6.45) is 0. The molecule has 8 heteroatoms. The van der Waals surface area contributed by atoms with Gasteiger partial charge in [0, 0.05) is 19.2 Å². The highest BCUT2D eigenvalue weighted by molar-refractivity contribution is 7.89. The van der Waals surface area contributed by atoms with E-state index in [0.29, 0.717) is 0 Å². The van der Waals surface area contributed by atoms with E-state index in [1.54, 1.807) is 0 Å². The van der Waals surface area contributed by atoms with Crippen LogP contribution in [0.1, 0.15) is 10.4 Å². The number of benzene rings is 1. The van der Waals surface area contributed by atoms with E-state index in [9.17, 15) is 13.2 Å². The minimum absolute atomic E-state index is 0.00681. The first-order valence-corrected chi connectivity index (χ1v) is 6.91. The summed E-state index contributed by atoms with van der Waals surface area (Å²) in [4.78, 5) is 16.0. The van der Waals surface area contributed by atoms with Gasteiger partial charge in [-0.3, -0.25) is 9.63 Å². The third-order valence-electron chi connectivity index (χ3n) is 2.20. The zero-order valence-electron chi connectivity index (χ0n) is 10.7. The van der Waals surface area contributed by atoms with Crippen LogP contribution in [-0.2, 0) is 19.6 Å². The zero-order chi connectivity index (χ0) is 14.3. The molecule has 0 saturated carbocycles. The molecule has 1 aromatic carbocycles. The summed E-state index contributed by atoms with van der Waals surface area (Å²) in [5, 5.41) is 0. The normalized spacial score (nSPS) is 11.3. The molecule has 1 rings (SSSR count). The maximum absolute atomic E-state index is 11.9. The van der Waals surface area contributed by atoms with Crippen molar-refractivity contribution in [2.75, 3.05) is 27.4 Å². The summed E-state index contributed by atoms with van der Waals surface area (Å²) in [6.45, 7) is 0.427. The Bertz CT molecular complexity index is 530. The van der Waals surface area contributed by atoms with Crippen molar-refractivity contribution >= 4 is 15.9 Å². The van der Waals surface area contributed by atoms with E-state index < -0.39 is 15.9 Å². The number of methoxy groups -OCH3 is 1. The van der Waals surface area contributed by atoms with Crippen LogP contribution in [0.2, 0.25) is 0 Å². The van der Waals surface area contributed by atoms with Crippen molar-refractivity contribution in [3.8, 4) is 0 Å². The number of carbonyl (C=O) groups excluding carboxylic acids is 1. The minimum Gasteiger partial charge on any atom is -0.383 e. The second-order valence-corrected chi connectivity index (χ2v) is 5.32. The summed E-state index contributed by atoms with van der Waals surface area (Å²) in [6, 6.07) is 5.64. The topological polar surface area (TPSA) is 93.7 Å². The summed E-state index contributed by atoms with van der Waals surface area (Å²) >= 11 is 0. The Kier molecular flexibility index (Phi) is 5.90. The number of ether oxygens (including phenoxy) is 1. The molecular weight excluding hydrogens is 272 g/mol. The Morgan fingerprint density at radius 3 is 2.68 bits per heavy atom. The van der Waals surface area contributed by atoms with Crippen molar-refractivity contribution in [2.45, 2.75) is 4.90 Å². The standard InChI is InChI=1S/C11H16N2O5S/c1-17-7-6-12-19(15,16)10-5-3-4-9(8-10)11(14)13-18-2/h3-5,8,12H,6-7H2,1-2H3,(H,13,14). The van der Waals surface area contributed by atoms with Crippen LogP contribution in [0.4, 0.5) is 0 Å². The number of hydrogen-bond donors (Lipinski definition) is 2. The molecule has 0 aliphatic rings. The van der Waals surface area contributed by atoms with Gasteiger partial charge >= 0.3 is 0 Å². The largest absolute Gasteiger partial charge is 0.383 e. The summed E-state index contributed by atoms with van der Waals surface area (Å²) in [5.74, 6) is -0.517. The number of nitrogens with one attached hydrogen (secondary N) is 2. The molecule has 0 spiro atoms. The van der Waals surface area contributed by atoms with E-state index in [0.717, 1.165) is 0 Å². The molecule has 0 fully saturated rings. The Labute approximate surface area is 111 Å². The SMILES string of the molecule is COCCNS(=O)(=O)c1cccc(C(=O)NOC)c1. The summed E-state index contributed by atoms with van der Waals surface area (Å²) in [5.41, 5.74) is 2.31. The number of hydrogen-bond acceptors (Lipinski definition) is 5. The lowest BCUT2D eigenvalue weighted by Gasteiger charge is -2.08. The van der Waals surface area contributed by atoms with Crippen LogP contribution in [0.15, 0.2) is 29.2 Å². The molecule has 0 heterocycles. The molecule has 0 aromatic heterocycles. The van der Waals surface area contributed by atoms with Gasteiger partial charge in [0.15, 0.2) is 0 Å². The smallest absolute Gasteiger partial charge is 0.274 e. The van der Waals surface area contributed by atoms with Crippen molar-refractivity contribution in [1.82, 2.24) is 10.2 Å². The second kappa shape index (κ2) is 7.19. The predicted molar refractivity (Wildman–Crippen MR) is 68.0 cm³/mol. The number of amides is 1. The van der Waals surface area contributed by atoms with Crippen LogP contribution >= 0.6 is 0 Å². The molecule has 1 aromatic rings. The molecule has 1 amide bonds. The van der Waals surface area contributed by atoms with Crippen molar-refractivity contribution in [3.63, 3.8) is 0 Å². The lowest BCUT2D eigenvalue weighted by atomic mass is 10.2. The van der Waals surface area contributed by atoms with Crippen LogP contribution in [0.25, 0.3) is 0 Å². The monoisotopic (exact) mass is 288 g/mol. The van der Waals surface area contributed by atoms with E-state index in [1.807, 2.05) is 0 Å². The van der Waals surface area contributed by atoms with Gasteiger partial charge in [0.05, 0.1) is 18.6 Å². The first-order valence-electron chi connectivity index (χ1n) is 5.43. The number of carbonyl (C=O) groups is 1. The molecule has 0 aliphatic carbocycles.